The first-order valence-corrected chi connectivity index (χ1v) is 13.2. The third-order valence-electron chi connectivity index (χ3n) is 5.66. The quantitative estimate of drug-likeness (QED) is 0.309. The third-order valence-corrected chi connectivity index (χ3v) is 7.09. The van der Waals surface area contributed by atoms with E-state index in [9.17, 15) is 9.90 Å². The highest BCUT2D eigenvalue weighted by Crippen LogP contribution is 2.42. The Labute approximate surface area is 218 Å². The Morgan fingerprint density at radius 1 is 1.03 bits per heavy atom. The molecule has 0 bridgehead atoms. The molecule has 3 aromatic rings. The van der Waals surface area contributed by atoms with Crippen molar-refractivity contribution in [1.29, 1.82) is 0 Å². The number of amides is 1. The summed E-state index contributed by atoms with van der Waals surface area (Å²) in [6.07, 6.45) is 3.32. The van der Waals surface area contributed by atoms with Gasteiger partial charge in [-0.1, -0.05) is 66.2 Å². The lowest BCUT2D eigenvalue weighted by molar-refractivity contribution is -0.113. The van der Waals surface area contributed by atoms with Crippen molar-refractivity contribution in [2.24, 2.45) is 4.99 Å². The number of carbonyl (C=O) groups excluding carboxylic acids is 1. The number of anilines is 1. The van der Waals surface area contributed by atoms with Crippen LogP contribution >= 0.6 is 27.7 Å². The number of phenols is 1. The predicted molar refractivity (Wildman–Crippen MR) is 149 cm³/mol. The van der Waals surface area contributed by atoms with Gasteiger partial charge in [-0.05, 0) is 73.0 Å². The van der Waals surface area contributed by atoms with E-state index < -0.39 is 0 Å². The summed E-state index contributed by atoms with van der Waals surface area (Å²) in [5, 5.41) is 11.4. The first kappa shape index (κ1) is 25.1. The maximum absolute atomic E-state index is 13.8. The van der Waals surface area contributed by atoms with Gasteiger partial charge in [-0.25, -0.2) is 4.99 Å². The minimum absolute atomic E-state index is 0.00169. The minimum atomic E-state index is -0.180. The maximum atomic E-state index is 13.8. The SMILES string of the molecule is CCOc1cc(Br)cc(/C=C2\SC(=Nc3ccccc3CC)N(c3ccccc3CC)C2=O)c1O. The normalized spacial score (nSPS) is 15.9. The number of aryl methyl sites for hydroxylation is 2. The average molecular weight is 552 g/mol. The number of amidine groups is 1. The molecule has 1 heterocycles. The van der Waals surface area contributed by atoms with Gasteiger partial charge >= 0.3 is 0 Å². The van der Waals surface area contributed by atoms with Crippen molar-refractivity contribution >= 4 is 56.2 Å². The minimum Gasteiger partial charge on any atom is -0.504 e. The fourth-order valence-corrected chi connectivity index (χ4v) is 5.35. The molecule has 0 saturated carbocycles. The predicted octanol–water partition coefficient (Wildman–Crippen LogP) is 7.49. The van der Waals surface area contributed by atoms with Gasteiger partial charge in [0.2, 0.25) is 0 Å². The largest absolute Gasteiger partial charge is 0.504 e. The van der Waals surface area contributed by atoms with Crippen molar-refractivity contribution in [2.75, 3.05) is 11.5 Å². The monoisotopic (exact) mass is 550 g/mol. The molecule has 0 aromatic heterocycles. The van der Waals surface area contributed by atoms with Crippen LogP contribution in [-0.4, -0.2) is 22.8 Å². The van der Waals surface area contributed by atoms with E-state index in [1.54, 1.807) is 23.1 Å². The molecule has 1 aliphatic rings. The van der Waals surface area contributed by atoms with Gasteiger partial charge in [0.05, 0.1) is 22.9 Å². The van der Waals surface area contributed by atoms with Crippen molar-refractivity contribution in [3.63, 3.8) is 0 Å². The number of ether oxygens (including phenoxy) is 1. The lowest BCUT2D eigenvalue weighted by atomic mass is 10.1. The van der Waals surface area contributed by atoms with Gasteiger partial charge < -0.3 is 9.84 Å². The summed E-state index contributed by atoms with van der Waals surface area (Å²) in [6, 6.07) is 19.3. The molecule has 4 rings (SSSR count). The summed E-state index contributed by atoms with van der Waals surface area (Å²) >= 11 is 4.78. The number of phenolic OH excluding ortho intramolecular Hbond substituents is 1. The molecular weight excluding hydrogens is 524 g/mol. The van der Waals surface area contributed by atoms with Crippen molar-refractivity contribution in [2.45, 2.75) is 33.6 Å². The van der Waals surface area contributed by atoms with Crippen LogP contribution in [0.25, 0.3) is 6.08 Å². The van der Waals surface area contributed by atoms with Crippen LogP contribution < -0.4 is 9.64 Å². The molecule has 1 amide bonds. The van der Waals surface area contributed by atoms with Gasteiger partial charge in [-0.3, -0.25) is 9.69 Å². The number of rotatable bonds is 7. The summed E-state index contributed by atoms with van der Waals surface area (Å²) in [7, 11) is 0. The van der Waals surface area contributed by atoms with E-state index >= 15 is 0 Å². The second-order valence-electron chi connectivity index (χ2n) is 7.88. The molecule has 5 nitrogen and oxygen atoms in total. The first-order valence-electron chi connectivity index (χ1n) is 11.6. The van der Waals surface area contributed by atoms with Crippen LogP contribution in [0.15, 0.2) is 75.0 Å². The number of aromatic hydroxyl groups is 1. The lowest BCUT2D eigenvalue weighted by Crippen LogP contribution is -2.29. The highest BCUT2D eigenvalue weighted by molar-refractivity contribution is 9.10. The molecule has 3 aromatic carbocycles. The number of nitrogens with zero attached hydrogens (tertiary/aromatic N) is 2. The van der Waals surface area contributed by atoms with E-state index in [1.807, 2.05) is 49.4 Å². The Hall–Kier alpha value is -3.03. The summed E-state index contributed by atoms with van der Waals surface area (Å²) < 4.78 is 6.31. The Kier molecular flexibility index (Phi) is 7.98. The van der Waals surface area contributed by atoms with Crippen molar-refractivity contribution in [1.82, 2.24) is 0 Å². The first-order chi connectivity index (χ1) is 17.0. The topological polar surface area (TPSA) is 62.1 Å². The van der Waals surface area contributed by atoms with Gasteiger partial charge in [0, 0.05) is 10.0 Å². The highest BCUT2D eigenvalue weighted by atomic mass is 79.9. The van der Waals surface area contributed by atoms with Gasteiger partial charge in [0.15, 0.2) is 16.7 Å². The Morgan fingerprint density at radius 3 is 2.43 bits per heavy atom. The van der Waals surface area contributed by atoms with Gasteiger partial charge in [-0.2, -0.15) is 0 Å². The van der Waals surface area contributed by atoms with E-state index in [-0.39, 0.29) is 11.7 Å². The van der Waals surface area contributed by atoms with E-state index in [0.717, 1.165) is 39.8 Å². The van der Waals surface area contributed by atoms with Crippen LogP contribution in [0, 0.1) is 0 Å². The molecule has 1 saturated heterocycles. The number of aliphatic imine (C=N–C) groups is 1. The Morgan fingerprint density at radius 2 is 1.71 bits per heavy atom. The number of carbonyl (C=O) groups is 1. The number of hydrogen-bond acceptors (Lipinski definition) is 5. The zero-order valence-corrected chi connectivity index (χ0v) is 22.3. The molecule has 1 N–H and O–H groups in total. The third kappa shape index (κ3) is 5.31. The van der Waals surface area contributed by atoms with Crippen LogP contribution in [0.4, 0.5) is 11.4 Å². The molecule has 0 atom stereocenters. The molecule has 180 valence electrons. The van der Waals surface area contributed by atoms with Crippen LogP contribution in [0.2, 0.25) is 0 Å². The van der Waals surface area contributed by atoms with Gasteiger partial charge in [0.25, 0.3) is 5.91 Å². The maximum Gasteiger partial charge on any atom is 0.271 e. The summed E-state index contributed by atoms with van der Waals surface area (Å²) in [5.41, 5.74) is 4.33. The lowest BCUT2D eigenvalue weighted by Gasteiger charge is -2.19. The zero-order valence-electron chi connectivity index (χ0n) is 19.9. The van der Waals surface area contributed by atoms with E-state index in [2.05, 4.69) is 35.8 Å². The summed E-state index contributed by atoms with van der Waals surface area (Å²) in [5.74, 6) is 0.183. The molecule has 35 heavy (non-hydrogen) atoms. The number of thioether (sulfide) groups is 1. The second-order valence-corrected chi connectivity index (χ2v) is 9.81. The highest BCUT2D eigenvalue weighted by Gasteiger charge is 2.36. The van der Waals surface area contributed by atoms with Gasteiger partial charge in [-0.15, -0.1) is 0 Å². The van der Waals surface area contributed by atoms with Crippen molar-refractivity contribution < 1.29 is 14.6 Å². The molecule has 7 heteroatoms. The van der Waals surface area contributed by atoms with Crippen molar-refractivity contribution in [3.8, 4) is 11.5 Å². The molecule has 1 aliphatic heterocycles. The van der Waals surface area contributed by atoms with Gasteiger partial charge in [0.1, 0.15) is 0 Å². The Bertz CT molecular complexity index is 1320. The zero-order chi connectivity index (χ0) is 24.9. The summed E-state index contributed by atoms with van der Waals surface area (Å²) in [6.45, 7) is 6.44. The molecular formula is C28H27BrN2O3S. The fourth-order valence-electron chi connectivity index (χ4n) is 3.92. The molecule has 1 fully saturated rings. The van der Waals surface area contributed by atoms with Crippen LogP contribution in [0.3, 0.4) is 0 Å². The average Bonchev–Trinajstić information content (AvgIpc) is 3.16. The molecule has 0 aliphatic carbocycles. The van der Waals surface area contributed by atoms with Crippen LogP contribution in [0.1, 0.15) is 37.5 Å². The number of benzene rings is 3. The Balaban J connectivity index is 1.86. The molecule has 0 spiro atoms. The van der Waals surface area contributed by atoms with Crippen LogP contribution in [0.5, 0.6) is 11.5 Å². The summed E-state index contributed by atoms with van der Waals surface area (Å²) in [4.78, 5) is 20.9. The standard InChI is InChI=1S/C28H27BrN2O3S/c1-4-18-11-7-9-13-22(18)30-28-31(23-14-10-8-12-19(23)5-2)27(33)25(35-28)16-20-15-21(29)17-24(26(20)32)34-6-3/h7-17,32H,4-6H2,1-3H3/b25-16-,30-28?. The number of hydrogen-bond donors (Lipinski definition) is 1. The van der Waals surface area contributed by atoms with E-state index in [0.29, 0.717) is 28.0 Å². The van der Waals surface area contributed by atoms with Crippen LogP contribution in [-0.2, 0) is 17.6 Å². The smallest absolute Gasteiger partial charge is 0.271 e. The molecule has 0 radical (unpaired) electrons. The van der Waals surface area contributed by atoms with E-state index in [1.165, 1.54) is 11.8 Å². The van der Waals surface area contributed by atoms with Crippen molar-refractivity contribution in [3.05, 3.63) is 86.7 Å². The second kappa shape index (κ2) is 11.1. The fraction of sp³-hybridized carbons (Fsp3) is 0.214. The molecule has 0 unspecified atom stereocenters. The number of halogens is 1. The van der Waals surface area contributed by atoms with E-state index in [4.69, 9.17) is 9.73 Å². The number of para-hydroxylation sites is 2.